The van der Waals surface area contributed by atoms with E-state index in [0.29, 0.717) is 0 Å². The third-order valence-corrected chi connectivity index (χ3v) is 5.00. The van der Waals surface area contributed by atoms with Gasteiger partial charge in [0, 0.05) is 34.4 Å². The molecule has 0 spiro atoms. The molecule has 0 radical (unpaired) electrons. The van der Waals surface area contributed by atoms with Crippen molar-refractivity contribution in [1.29, 1.82) is 0 Å². The van der Waals surface area contributed by atoms with Crippen LogP contribution in [0.2, 0.25) is 0 Å². The first-order chi connectivity index (χ1) is 12.4. The Morgan fingerprint density at radius 1 is 1.08 bits per heavy atom. The highest BCUT2D eigenvalue weighted by atomic mass is 16.5. The number of imidazole rings is 1. The fraction of sp³-hybridized carbons (Fsp3) is 0.238. The van der Waals surface area contributed by atoms with Gasteiger partial charge in [0.15, 0.2) is 0 Å². The number of aromatic nitrogens is 3. The summed E-state index contributed by atoms with van der Waals surface area (Å²) >= 11 is 0. The fourth-order valence-corrected chi connectivity index (χ4v) is 3.44. The van der Waals surface area contributed by atoms with E-state index >= 15 is 0 Å². The molecular formula is C21H20N4O. The van der Waals surface area contributed by atoms with Crippen LogP contribution in [0.3, 0.4) is 0 Å². The standard InChI is InChI=1S/C21H20N4O/c1-21(2,3)18-10-15(24-26-18)12-4-6-13(7-5-12)16-11-25-17-9-8-14(22)19(17)20(25)23-16/h4-11,14H,22H2,1-3H3. The lowest BCUT2D eigenvalue weighted by molar-refractivity contribution is 0.330. The van der Waals surface area contributed by atoms with Gasteiger partial charge in [-0.05, 0) is 6.08 Å². The first-order valence-electron chi connectivity index (χ1n) is 8.78. The highest BCUT2D eigenvalue weighted by molar-refractivity contribution is 6.00. The van der Waals surface area contributed by atoms with E-state index in [0.717, 1.165) is 39.7 Å². The van der Waals surface area contributed by atoms with Gasteiger partial charge in [0.05, 0.1) is 17.4 Å². The zero-order chi connectivity index (χ0) is 18.1. The normalized spacial score (nSPS) is 18.1. The second-order valence-electron chi connectivity index (χ2n) is 7.91. The van der Waals surface area contributed by atoms with Crippen LogP contribution in [0.25, 0.3) is 33.8 Å². The minimum atomic E-state index is -0.0492. The Balaban J connectivity index is 1.43. The molecule has 5 nitrogen and oxygen atoms in total. The van der Waals surface area contributed by atoms with Crippen LogP contribution in [0.15, 0.2) is 53.2 Å². The van der Waals surface area contributed by atoms with E-state index in [4.69, 9.17) is 15.2 Å². The van der Waals surface area contributed by atoms with Gasteiger partial charge in [0.1, 0.15) is 17.3 Å². The summed E-state index contributed by atoms with van der Waals surface area (Å²) < 4.78 is 7.59. The smallest absolute Gasteiger partial charge is 0.145 e. The Morgan fingerprint density at radius 2 is 1.77 bits per heavy atom. The second-order valence-corrected chi connectivity index (χ2v) is 7.91. The Morgan fingerprint density at radius 3 is 2.42 bits per heavy atom. The van der Waals surface area contributed by atoms with Gasteiger partial charge in [-0.3, -0.25) is 4.57 Å². The number of benzene rings is 1. The van der Waals surface area contributed by atoms with Crippen molar-refractivity contribution in [3.8, 4) is 22.5 Å². The maximum Gasteiger partial charge on any atom is 0.145 e. The molecule has 1 unspecified atom stereocenters. The molecule has 0 fully saturated rings. The van der Waals surface area contributed by atoms with Crippen molar-refractivity contribution in [2.45, 2.75) is 32.2 Å². The van der Waals surface area contributed by atoms with Crippen LogP contribution in [0.5, 0.6) is 0 Å². The quantitative estimate of drug-likeness (QED) is 0.760. The Hall–Kier alpha value is -2.92. The lowest BCUT2D eigenvalue weighted by atomic mass is 9.93. The van der Waals surface area contributed by atoms with E-state index in [1.54, 1.807) is 0 Å². The minimum absolute atomic E-state index is 0.0284. The molecule has 1 atom stereocenters. The molecule has 1 aromatic carbocycles. The number of nitrogens with zero attached hydrogens (tertiary/aromatic N) is 3. The molecule has 26 heavy (non-hydrogen) atoms. The molecular weight excluding hydrogens is 324 g/mol. The fourth-order valence-electron chi connectivity index (χ4n) is 3.44. The van der Waals surface area contributed by atoms with Gasteiger partial charge in [-0.15, -0.1) is 0 Å². The van der Waals surface area contributed by atoms with Crippen molar-refractivity contribution in [1.82, 2.24) is 14.7 Å². The van der Waals surface area contributed by atoms with Crippen LogP contribution in [-0.4, -0.2) is 20.7 Å². The van der Waals surface area contributed by atoms with Crippen molar-refractivity contribution in [3.63, 3.8) is 0 Å². The maximum atomic E-state index is 6.09. The lowest BCUT2D eigenvalue weighted by Crippen LogP contribution is -2.24. The van der Waals surface area contributed by atoms with Crippen LogP contribution in [-0.2, 0) is 5.41 Å². The first kappa shape index (κ1) is 15.3. The van der Waals surface area contributed by atoms with Gasteiger partial charge >= 0.3 is 0 Å². The third-order valence-electron chi connectivity index (χ3n) is 5.00. The number of allylic oxidation sites excluding steroid dienone is 2. The predicted octanol–water partition coefficient (Wildman–Crippen LogP) is 4.08. The van der Waals surface area contributed by atoms with E-state index in [1.165, 1.54) is 5.70 Å². The summed E-state index contributed by atoms with van der Waals surface area (Å²) in [5, 5.41) is 4.21. The average molecular weight is 344 g/mol. The summed E-state index contributed by atoms with van der Waals surface area (Å²) in [4.78, 5) is 4.75. The van der Waals surface area contributed by atoms with Crippen molar-refractivity contribution >= 4 is 11.3 Å². The van der Waals surface area contributed by atoms with Gasteiger partial charge in [-0.1, -0.05) is 56.3 Å². The summed E-state index contributed by atoms with van der Waals surface area (Å²) in [6, 6.07) is 10.2. The molecule has 5 rings (SSSR count). The zero-order valence-corrected chi connectivity index (χ0v) is 15.0. The first-order valence-corrected chi connectivity index (χ1v) is 8.78. The van der Waals surface area contributed by atoms with E-state index in [9.17, 15) is 0 Å². The summed E-state index contributed by atoms with van der Waals surface area (Å²) in [5.74, 6) is 1.86. The van der Waals surface area contributed by atoms with Crippen LogP contribution in [0.4, 0.5) is 0 Å². The number of hydrogen-bond donors (Lipinski definition) is 1. The van der Waals surface area contributed by atoms with E-state index < -0.39 is 0 Å². The summed E-state index contributed by atoms with van der Waals surface area (Å²) in [5.41, 5.74) is 12.3. The van der Waals surface area contributed by atoms with Gasteiger partial charge in [0.2, 0.25) is 0 Å². The topological polar surface area (TPSA) is 69.9 Å². The monoisotopic (exact) mass is 344 g/mol. The third kappa shape index (κ3) is 2.14. The minimum Gasteiger partial charge on any atom is -0.360 e. The summed E-state index contributed by atoms with van der Waals surface area (Å²) in [6.07, 6.45) is 6.15. The SMILES string of the molecule is CC(C)(C)c1cc(-c2ccc(-c3cn4c(n3)C3=C4C=CC3N)cc2)no1. The molecule has 2 aliphatic rings. The average Bonchev–Trinajstić information content (AvgIpc) is 3.27. The second kappa shape index (κ2) is 5.05. The van der Waals surface area contributed by atoms with Crippen LogP contribution >= 0.6 is 0 Å². The Bertz CT molecular complexity index is 1070. The molecule has 1 aliphatic carbocycles. The molecule has 0 bridgehead atoms. The van der Waals surface area contributed by atoms with Gasteiger partial charge in [-0.25, -0.2) is 4.98 Å². The zero-order valence-electron chi connectivity index (χ0n) is 15.0. The van der Waals surface area contributed by atoms with Gasteiger partial charge in [-0.2, -0.15) is 0 Å². The van der Waals surface area contributed by atoms with E-state index in [2.05, 4.69) is 67.0 Å². The van der Waals surface area contributed by atoms with Crippen LogP contribution in [0.1, 0.15) is 32.4 Å². The van der Waals surface area contributed by atoms with Crippen LogP contribution < -0.4 is 5.73 Å². The van der Waals surface area contributed by atoms with Gasteiger partial charge in [0.25, 0.3) is 0 Å². The molecule has 5 heteroatoms. The molecule has 2 N–H and O–H groups in total. The molecule has 3 heterocycles. The summed E-state index contributed by atoms with van der Waals surface area (Å²) in [7, 11) is 0. The largest absolute Gasteiger partial charge is 0.360 e. The molecule has 130 valence electrons. The van der Waals surface area contributed by atoms with Crippen LogP contribution in [0, 0.1) is 0 Å². The molecule has 0 saturated carbocycles. The highest BCUT2D eigenvalue weighted by Crippen LogP contribution is 2.41. The Labute approximate surface area is 151 Å². The molecule has 0 saturated heterocycles. The highest BCUT2D eigenvalue weighted by Gasteiger charge is 2.33. The number of nitrogens with two attached hydrogens (primary N) is 1. The molecule has 1 aliphatic heterocycles. The van der Waals surface area contributed by atoms with Crippen molar-refractivity contribution in [3.05, 3.63) is 60.3 Å². The Kier molecular flexibility index (Phi) is 2.98. The molecule has 3 aromatic rings. The number of rotatable bonds is 2. The number of hydrogen-bond acceptors (Lipinski definition) is 4. The number of fused-ring (bicyclic) bond motifs is 3. The van der Waals surface area contributed by atoms with Gasteiger partial charge < -0.3 is 10.3 Å². The summed E-state index contributed by atoms with van der Waals surface area (Å²) in [6.45, 7) is 6.34. The maximum absolute atomic E-state index is 6.09. The van der Waals surface area contributed by atoms with E-state index in [-0.39, 0.29) is 11.5 Å². The molecule has 0 amide bonds. The van der Waals surface area contributed by atoms with Crippen molar-refractivity contribution in [2.24, 2.45) is 5.73 Å². The van der Waals surface area contributed by atoms with Crippen molar-refractivity contribution < 1.29 is 4.52 Å². The predicted molar refractivity (Wildman–Crippen MR) is 102 cm³/mol. The van der Waals surface area contributed by atoms with E-state index in [1.807, 2.05) is 12.1 Å². The van der Waals surface area contributed by atoms with Crippen molar-refractivity contribution in [2.75, 3.05) is 0 Å². The lowest BCUT2D eigenvalue weighted by Gasteiger charge is -2.21. The molecule has 2 aromatic heterocycles.